The smallest absolute Gasteiger partial charge is 0.0776 e. The molecule has 1 N–H and O–H groups in total. The third kappa shape index (κ3) is 2.72. The topological polar surface area (TPSA) is 31.9 Å². The van der Waals surface area contributed by atoms with Gasteiger partial charge in [-0.25, -0.2) is 0 Å². The standard InChI is InChI=1S/C12H13N3S/c1-15(2)9-3-4-10-5-6-12(16-10)11-7-8-13-14-11/h5-8H,9H2,1-2H3,(H,13,14). The first-order chi connectivity index (χ1) is 7.75. The van der Waals surface area contributed by atoms with E-state index in [1.54, 1.807) is 17.5 Å². The van der Waals surface area contributed by atoms with E-state index in [4.69, 9.17) is 0 Å². The van der Waals surface area contributed by atoms with Gasteiger partial charge in [0.05, 0.1) is 22.0 Å². The molecule has 0 saturated heterocycles. The van der Waals surface area contributed by atoms with Crippen LogP contribution < -0.4 is 0 Å². The minimum Gasteiger partial charge on any atom is -0.299 e. The lowest BCUT2D eigenvalue weighted by Crippen LogP contribution is -2.10. The van der Waals surface area contributed by atoms with Gasteiger partial charge in [0.1, 0.15) is 0 Å². The highest BCUT2D eigenvalue weighted by Crippen LogP contribution is 2.25. The van der Waals surface area contributed by atoms with Crippen molar-refractivity contribution in [3.05, 3.63) is 29.3 Å². The number of hydrogen-bond acceptors (Lipinski definition) is 3. The second kappa shape index (κ2) is 4.97. The third-order valence-electron chi connectivity index (χ3n) is 1.98. The van der Waals surface area contributed by atoms with E-state index in [0.717, 1.165) is 17.1 Å². The summed E-state index contributed by atoms with van der Waals surface area (Å²) >= 11 is 1.68. The molecule has 2 rings (SSSR count). The summed E-state index contributed by atoms with van der Waals surface area (Å²) in [4.78, 5) is 4.31. The summed E-state index contributed by atoms with van der Waals surface area (Å²) in [6.45, 7) is 0.789. The van der Waals surface area contributed by atoms with Crippen LogP contribution >= 0.6 is 11.3 Å². The van der Waals surface area contributed by atoms with Gasteiger partial charge in [0.15, 0.2) is 0 Å². The molecule has 3 nitrogen and oxygen atoms in total. The van der Waals surface area contributed by atoms with E-state index in [9.17, 15) is 0 Å². The Morgan fingerprint density at radius 2 is 2.25 bits per heavy atom. The molecule has 0 aromatic carbocycles. The Morgan fingerprint density at radius 3 is 2.94 bits per heavy atom. The zero-order valence-corrected chi connectivity index (χ0v) is 10.1. The SMILES string of the molecule is CN(C)CC#Cc1ccc(-c2ccn[nH]2)s1. The van der Waals surface area contributed by atoms with Gasteiger partial charge >= 0.3 is 0 Å². The highest BCUT2D eigenvalue weighted by Gasteiger charge is 2.01. The fraction of sp³-hybridized carbons (Fsp3) is 0.250. The molecule has 2 heterocycles. The Labute approximate surface area is 99.1 Å². The number of aromatic nitrogens is 2. The van der Waals surface area contributed by atoms with Crippen LogP contribution in [0.1, 0.15) is 4.88 Å². The summed E-state index contributed by atoms with van der Waals surface area (Å²) in [5, 5.41) is 6.88. The lowest BCUT2D eigenvalue weighted by atomic mass is 10.3. The highest BCUT2D eigenvalue weighted by molar-refractivity contribution is 7.16. The van der Waals surface area contributed by atoms with E-state index >= 15 is 0 Å². The second-order valence-corrected chi connectivity index (χ2v) is 4.76. The molecule has 0 unspecified atom stereocenters. The van der Waals surface area contributed by atoms with Crippen LogP contribution in [0, 0.1) is 11.8 Å². The van der Waals surface area contributed by atoms with Gasteiger partial charge in [-0.1, -0.05) is 11.8 Å². The van der Waals surface area contributed by atoms with Crippen molar-refractivity contribution < 1.29 is 0 Å². The number of nitrogens with zero attached hydrogens (tertiary/aromatic N) is 2. The molecule has 0 spiro atoms. The van der Waals surface area contributed by atoms with Gasteiger partial charge in [-0.2, -0.15) is 5.10 Å². The van der Waals surface area contributed by atoms with E-state index in [-0.39, 0.29) is 0 Å². The van der Waals surface area contributed by atoms with Crippen LogP contribution in [-0.4, -0.2) is 35.7 Å². The van der Waals surface area contributed by atoms with Gasteiger partial charge < -0.3 is 0 Å². The van der Waals surface area contributed by atoms with E-state index < -0.39 is 0 Å². The van der Waals surface area contributed by atoms with Gasteiger partial charge in [0, 0.05) is 6.20 Å². The van der Waals surface area contributed by atoms with Gasteiger partial charge in [-0.3, -0.25) is 10.00 Å². The Hall–Kier alpha value is -1.57. The van der Waals surface area contributed by atoms with Crippen LogP contribution in [0.15, 0.2) is 24.4 Å². The number of thiophene rings is 1. The van der Waals surface area contributed by atoms with Crippen molar-refractivity contribution in [3.8, 4) is 22.4 Å². The van der Waals surface area contributed by atoms with Gasteiger partial charge in [0.25, 0.3) is 0 Å². The maximum Gasteiger partial charge on any atom is 0.0776 e. The number of H-pyrrole nitrogens is 1. The molecule has 0 aliphatic heterocycles. The molecule has 0 amide bonds. The number of hydrogen-bond donors (Lipinski definition) is 1. The Kier molecular flexibility index (Phi) is 3.40. The van der Waals surface area contributed by atoms with Crippen molar-refractivity contribution in [1.29, 1.82) is 0 Å². The highest BCUT2D eigenvalue weighted by atomic mass is 32.1. The molecule has 82 valence electrons. The van der Waals surface area contributed by atoms with Crippen LogP contribution in [0.25, 0.3) is 10.6 Å². The summed E-state index contributed by atoms with van der Waals surface area (Å²) < 4.78 is 0. The van der Waals surface area contributed by atoms with Crippen molar-refractivity contribution in [3.63, 3.8) is 0 Å². The maximum atomic E-state index is 3.93. The molecule has 0 aliphatic rings. The molecular weight excluding hydrogens is 218 g/mol. The lowest BCUT2D eigenvalue weighted by Gasteiger charge is -2.00. The fourth-order valence-corrected chi connectivity index (χ4v) is 2.08. The third-order valence-corrected chi connectivity index (χ3v) is 3.01. The molecule has 0 aliphatic carbocycles. The Morgan fingerprint density at radius 1 is 1.38 bits per heavy atom. The van der Waals surface area contributed by atoms with Crippen molar-refractivity contribution in [2.75, 3.05) is 20.6 Å². The predicted molar refractivity (Wildman–Crippen MR) is 67.3 cm³/mol. The first-order valence-corrected chi connectivity index (χ1v) is 5.80. The molecule has 0 atom stereocenters. The van der Waals surface area contributed by atoms with Gasteiger partial charge in [-0.05, 0) is 32.3 Å². The van der Waals surface area contributed by atoms with Gasteiger partial charge in [-0.15, -0.1) is 11.3 Å². The first-order valence-electron chi connectivity index (χ1n) is 4.99. The maximum absolute atomic E-state index is 3.93. The monoisotopic (exact) mass is 231 g/mol. The van der Waals surface area contributed by atoms with Crippen molar-refractivity contribution >= 4 is 11.3 Å². The molecule has 2 aromatic rings. The lowest BCUT2D eigenvalue weighted by molar-refractivity contribution is 0.464. The van der Waals surface area contributed by atoms with E-state index in [1.165, 1.54) is 4.88 Å². The van der Waals surface area contributed by atoms with E-state index in [2.05, 4.69) is 33.0 Å². The summed E-state index contributed by atoms with van der Waals surface area (Å²) in [6, 6.07) is 6.07. The Bertz CT molecular complexity index is 500. The number of rotatable bonds is 2. The molecule has 16 heavy (non-hydrogen) atoms. The summed E-state index contributed by atoms with van der Waals surface area (Å²) in [6.07, 6.45) is 1.76. The van der Waals surface area contributed by atoms with Crippen molar-refractivity contribution in [2.45, 2.75) is 0 Å². The van der Waals surface area contributed by atoms with Crippen LogP contribution in [0.2, 0.25) is 0 Å². The zero-order chi connectivity index (χ0) is 11.4. The molecule has 0 fully saturated rings. The molecule has 4 heteroatoms. The zero-order valence-electron chi connectivity index (χ0n) is 9.32. The molecule has 0 saturated carbocycles. The van der Waals surface area contributed by atoms with E-state index in [0.29, 0.717) is 0 Å². The number of nitrogens with one attached hydrogen (secondary N) is 1. The average molecular weight is 231 g/mol. The normalized spacial score (nSPS) is 10.2. The van der Waals surface area contributed by atoms with Crippen molar-refractivity contribution in [2.24, 2.45) is 0 Å². The fourth-order valence-electron chi connectivity index (χ4n) is 1.23. The molecule has 0 bridgehead atoms. The second-order valence-electron chi connectivity index (χ2n) is 3.67. The average Bonchev–Trinajstić information content (AvgIpc) is 2.85. The molecule has 2 aromatic heterocycles. The largest absolute Gasteiger partial charge is 0.299 e. The Balaban J connectivity index is 2.10. The minimum atomic E-state index is 0.789. The van der Waals surface area contributed by atoms with Gasteiger partial charge in [0.2, 0.25) is 0 Å². The van der Waals surface area contributed by atoms with Crippen LogP contribution in [0.5, 0.6) is 0 Å². The minimum absolute atomic E-state index is 0.789. The van der Waals surface area contributed by atoms with Crippen molar-refractivity contribution in [1.82, 2.24) is 15.1 Å². The van der Waals surface area contributed by atoms with E-state index in [1.807, 2.05) is 26.2 Å². The summed E-state index contributed by atoms with van der Waals surface area (Å²) in [5.74, 6) is 6.27. The molecular formula is C12H13N3S. The molecule has 0 radical (unpaired) electrons. The van der Waals surface area contributed by atoms with Crippen LogP contribution in [0.3, 0.4) is 0 Å². The number of aromatic amines is 1. The van der Waals surface area contributed by atoms with Crippen LogP contribution in [0.4, 0.5) is 0 Å². The predicted octanol–water partition coefficient (Wildman–Crippen LogP) is 2.05. The summed E-state index contributed by atoms with van der Waals surface area (Å²) in [5.41, 5.74) is 1.05. The van der Waals surface area contributed by atoms with Crippen LogP contribution in [-0.2, 0) is 0 Å². The first kappa shape index (κ1) is 10.9. The summed E-state index contributed by atoms with van der Waals surface area (Å²) in [7, 11) is 4.03. The quantitative estimate of drug-likeness (QED) is 0.802.